The van der Waals surface area contributed by atoms with Crippen molar-refractivity contribution >= 4 is 11.8 Å². The molecule has 1 aromatic heterocycles. The lowest BCUT2D eigenvalue weighted by Gasteiger charge is -2.19. The zero-order chi connectivity index (χ0) is 18.8. The molecular weight excluding hydrogens is 318 g/mol. The summed E-state index contributed by atoms with van der Waals surface area (Å²) in [4.78, 5) is 24.6. The van der Waals surface area contributed by atoms with Crippen LogP contribution in [0.5, 0.6) is 0 Å². The molecule has 134 valence electrons. The number of amides is 2. The molecule has 2 rings (SSSR count). The molecule has 0 bridgehead atoms. The van der Waals surface area contributed by atoms with Gasteiger partial charge in [0.25, 0.3) is 11.8 Å². The lowest BCUT2D eigenvalue weighted by molar-refractivity contribution is 0.0845. The predicted molar refractivity (Wildman–Crippen MR) is 95.4 cm³/mol. The number of carbonyl (C=O) groups is 2. The third-order valence-corrected chi connectivity index (χ3v) is 3.94. The van der Waals surface area contributed by atoms with Gasteiger partial charge in [0.1, 0.15) is 5.56 Å². The maximum Gasteiger partial charge on any atom is 0.275 e. The smallest absolute Gasteiger partial charge is 0.275 e. The zero-order valence-electron chi connectivity index (χ0n) is 15.6. The van der Waals surface area contributed by atoms with E-state index < -0.39 is 5.91 Å². The number of aryl methyl sites for hydroxylation is 1. The molecule has 1 aromatic carbocycles. The molecule has 0 saturated carbocycles. The van der Waals surface area contributed by atoms with Crippen molar-refractivity contribution in [3.05, 3.63) is 52.4 Å². The molecule has 1 heterocycles. The van der Waals surface area contributed by atoms with Crippen LogP contribution in [0, 0.1) is 6.92 Å². The van der Waals surface area contributed by atoms with Crippen LogP contribution in [0.1, 0.15) is 78.3 Å². The second-order valence-corrected chi connectivity index (χ2v) is 7.40. The number of carbonyl (C=O) groups excluding carboxylic acids is 2. The van der Waals surface area contributed by atoms with Gasteiger partial charge in [0, 0.05) is 11.5 Å². The Balaban J connectivity index is 2.05. The van der Waals surface area contributed by atoms with E-state index >= 15 is 0 Å². The predicted octanol–water partition coefficient (Wildman–Crippen LogP) is 3.48. The molecule has 25 heavy (non-hydrogen) atoms. The van der Waals surface area contributed by atoms with E-state index in [1.807, 2.05) is 26.0 Å². The average Bonchev–Trinajstić information content (AvgIpc) is 2.93. The molecular formula is C19H25N3O3. The molecule has 6 nitrogen and oxygen atoms in total. The van der Waals surface area contributed by atoms with Gasteiger partial charge in [0.2, 0.25) is 0 Å². The first-order valence-corrected chi connectivity index (χ1v) is 8.28. The molecule has 2 aromatic rings. The first kappa shape index (κ1) is 18.7. The second-order valence-electron chi connectivity index (χ2n) is 7.40. The lowest BCUT2D eigenvalue weighted by Crippen LogP contribution is -2.42. The number of hydrogen-bond acceptors (Lipinski definition) is 4. The Kier molecular flexibility index (Phi) is 5.30. The standard InChI is InChI=1S/C19H25N3O3/c1-11(2)16-15(12(3)22-25-16)18(24)21-20-17(23)13-7-9-14(10-8-13)19(4,5)6/h7-11H,1-6H3,(H,20,23)(H,21,24). The van der Waals surface area contributed by atoms with Crippen molar-refractivity contribution in [2.24, 2.45) is 0 Å². The average molecular weight is 343 g/mol. The van der Waals surface area contributed by atoms with Crippen LogP contribution in [0.25, 0.3) is 0 Å². The lowest BCUT2D eigenvalue weighted by atomic mass is 9.87. The van der Waals surface area contributed by atoms with Crippen molar-refractivity contribution in [2.45, 2.75) is 52.9 Å². The van der Waals surface area contributed by atoms with Crippen LogP contribution in [0.4, 0.5) is 0 Å². The van der Waals surface area contributed by atoms with Crippen molar-refractivity contribution in [1.82, 2.24) is 16.0 Å². The third kappa shape index (κ3) is 4.26. The fraction of sp³-hybridized carbons (Fsp3) is 0.421. The van der Waals surface area contributed by atoms with E-state index in [9.17, 15) is 9.59 Å². The minimum atomic E-state index is -0.442. The fourth-order valence-corrected chi connectivity index (χ4v) is 2.43. The summed E-state index contributed by atoms with van der Waals surface area (Å²) in [5, 5.41) is 3.83. The first-order chi connectivity index (χ1) is 11.6. The van der Waals surface area contributed by atoms with Crippen LogP contribution >= 0.6 is 0 Å². The van der Waals surface area contributed by atoms with Crippen molar-refractivity contribution in [2.75, 3.05) is 0 Å². The van der Waals surface area contributed by atoms with Gasteiger partial charge in [-0.1, -0.05) is 51.9 Å². The number of hydrazine groups is 1. The summed E-state index contributed by atoms with van der Waals surface area (Å²) in [6, 6.07) is 7.31. The van der Waals surface area contributed by atoms with Gasteiger partial charge in [-0.3, -0.25) is 20.4 Å². The van der Waals surface area contributed by atoms with Gasteiger partial charge in [-0.2, -0.15) is 0 Å². The molecule has 0 unspecified atom stereocenters. The van der Waals surface area contributed by atoms with Crippen molar-refractivity contribution in [3.63, 3.8) is 0 Å². The van der Waals surface area contributed by atoms with E-state index in [1.165, 1.54) is 0 Å². The van der Waals surface area contributed by atoms with Crippen LogP contribution in [0.3, 0.4) is 0 Å². The summed E-state index contributed by atoms with van der Waals surface area (Å²) in [6.07, 6.45) is 0. The van der Waals surface area contributed by atoms with Gasteiger partial charge in [-0.25, -0.2) is 0 Å². The highest BCUT2D eigenvalue weighted by atomic mass is 16.5. The summed E-state index contributed by atoms with van der Waals surface area (Å²) in [7, 11) is 0. The largest absolute Gasteiger partial charge is 0.360 e. The maximum absolute atomic E-state index is 12.3. The van der Waals surface area contributed by atoms with E-state index in [0.29, 0.717) is 22.6 Å². The Morgan fingerprint density at radius 1 is 1.04 bits per heavy atom. The summed E-state index contributed by atoms with van der Waals surface area (Å²) in [6.45, 7) is 11.8. The summed E-state index contributed by atoms with van der Waals surface area (Å²) < 4.78 is 5.19. The summed E-state index contributed by atoms with van der Waals surface area (Å²) in [5.74, 6) is -0.308. The van der Waals surface area contributed by atoms with E-state index in [4.69, 9.17) is 4.52 Å². The Morgan fingerprint density at radius 2 is 1.60 bits per heavy atom. The molecule has 0 spiro atoms. The quantitative estimate of drug-likeness (QED) is 0.836. The van der Waals surface area contributed by atoms with Gasteiger partial charge in [0.05, 0.1) is 5.69 Å². The minimum Gasteiger partial charge on any atom is -0.360 e. The SMILES string of the molecule is Cc1noc(C(C)C)c1C(=O)NNC(=O)c1ccc(C(C)(C)C)cc1. The number of nitrogens with one attached hydrogen (secondary N) is 2. The van der Waals surface area contributed by atoms with E-state index in [2.05, 4.69) is 36.8 Å². The highest BCUT2D eigenvalue weighted by Gasteiger charge is 2.23. The first-order valence-electron chi connectivity index (χ1n) is 8.28. The molecule has 0 fully saturated rings. The highest BCUT2D eigenvalue weighted by molar-refractivity contribution is 6.00. The number of aromatic nitrogens is 1. The van der Waals surface area contributed by atoms with Gasteiger partial charge in [-0.15, -0.1) is 0 Å². The Bertz CT molecular complexity index is 768. The number of benzene rings is 1. The minimum absolute atomic E-state index is 0.0161. The van der Waals surface area contributed by atoms with Crippen LogP contribution in [0.2, 0.25) is 0 Å². The molecule has 6 heteroatoms. The van der Waals surface area contributed by atoms with E-state index in [0.717, 1.165) is 5.56 Å². The van der Waals surface area contributed by atoms with Gasteiger partial charge < -0.3 is 4.52 Å². The second kappa shape index (κ2) is 7.09. The summed E-state index contributed by atoms with van der Waals surface area (Å²) >= 11 is 0. The normalized spacial score (nSPS) is 11.5. The van der Waals surface area contributed by atoms with E-state index in [-0.39, 0.29) is 17.2 Å². The number of nitrogens with zero attached hydrogens (tertiary/aromatic N) is 1. The van der Waals surface area contributed by atoms with Crippen LogP contribution in [-0.4, -0.2) is 17.0 Å². The van der Waals surface area contributed by atoms with Gasteiger partial charge in [-0.05, 0) is 30.0 Å². The molecule has 0 radical (unpaired) electrons. The van der Waals surface area contributed by atoms with Crippen LogP contribution in [-0.2, 0) is 5.41 Å². The van der Waals surface area contributed by atoms with Crippen molar-refractivity contribution in [3.8, 4) is 0 Å². The third-order valence-electron chi connectivity index (χ3n) is 3.94. The summed E-state index contributed by atoms with van der Waals surface area (Å²) in [5.41, 5.74) is 7.33. The van der Waals surface area contributed by atoms with Gasteiger partial charge >= 0.3 is 0 Å². The number of rotatable bonds is 3. The van der Waals surface area contributed by atoms with Crippen molar-refractivity contribution in [1.29, 1.82) is 0 Å². The maximum atomic E-state index is 12.3. The molecule has 0 aliphatic rings. The molecule has 0 saturated heterocycles. The molecule has 0 aliphatic carbocycles. The topological polar surface area (TPSA) is 84.2 Å². The van der Waals surface area contributed by atoms with Crippen LogP contribution in [0.15, 0.2) is 28.8 Å². The zero-order valence-corrected chi connectivity index (χ0v) is 15.6. The molecule has 0 aliphatic heterocycles. The fourth-order valence-electron chi connectivity index (χ4n) is 2.43. The Morgan fingerprint density at radius 3 is 2.12 bits per heavy atom. The monoisotopic (exact) mass is 343 g/mol. The van der Waals surface area contributed by atoms with Crippen LogP contribution < -0.4 is 10.9 Å². The van der Waals surface area contributed by atoms with Gasteiger partial charge in [0.15, 0.2) is 5.76 Å². The Hall–Kier alpha value is -2.63. The number of hydrogen-bond donors (Lipinski definition) is 2. The molecule has 0 atom stereocenters. The Labute approximate surface area is 147 Å². The highest BCUT2D eigenvalue weighted by Crippen LogP contribution is 2.23. The van der Waals surface area contributed by atoms with Crippen molar-refractivity contribution < 1.29 is 14.1 Å². The molecule has 2 amide bonds. The van der Waals surface area contributed by atoms with E-state index in [1.54, 1.807) is 19.1 Å². The molecule has 2 N–H and O–H groups in total.